The maximum Gasteiger partial charge on any atom is 0.255 e. The second kappa shape index (κ2) is 8.79. The molecule has 30 heavy (non-hydrogen) atoms. The highest BCUT2D eigenvalue weighted by molar-refractivity contribution is 6.32. The third-order valence-corrected chi connectivity index (χ3v) is 5.46. The molecule has 2 aromatic carbocycles. The second-order valence-electron chi connectivity index (χ2n) is 7.14. The van der Waals surface area contributed by atoms with Gasteiger partial charge in [-0.15, -0.1) is 0 Å². The molecule has 1 aromatic heterocycles. The first-order valence-electron chi connectivity index (χ1n) is 10.1. The lowest BCUT2D eigenvalue weighted by Crippen LogP contribution is -2.13. The summed E-state index contributed by atoms with van der Waals surface area (Å²) in [6, 6.07) is 10.9. The van der Waals surface area contributed by atoms with Crippen molar-refractivity contribution >= 4 is 23.2 Å². The maximum atomic E-state index is 12.7. The van der Waals surface area contributed by atoms with Crippen LogP contribution < -0.4 is 14.8 Å². The molecule has 4 rings (SSSR count). The summed E-state index contributed by atoms with van der Waals surface area (Å²) in [5.41, 5.74) is 3.41. The number of carbonyl (C=O) groups excluding carboxylic acids is 1. The van der Waals surface area contributed by atoms with Gasteiger partial charge in [0.15, 0.2) is 11.5 Å². The van der Waals surface area contributed by atoms with Crippen LogP contribution in [0.5, 0.6) is 11.5 Å². The molecule has 0 bridgehead atoms. The van der Waals surface area contributed by atoms with Crippen LogP contribution >= 0.6 is 11.6 Å². The Morgan fingerprint density at radius 1 is 1.23 bits per heavy atom. The highest BCUT2D eigenvalue weighted by atomic mass is 35.5. The number of halogens is 1. The summed E-state index contributed by atoms with van der Waals surface area (Å²) in [5.74, 6) is 1.56. The van der Waals surface area contributed by atoms with Gasteiger partial charge in [0.25, 0.3) is 5.91 Å². The number of imidazole rings is 1. The molecule has 3 aromatic rings. The molecule has 0 aliphatic carbocycles. The van der Waals surface area contributed by atoms with E-state index in [9.17, 15) is 4.79 Å². The van der Waals surface area contributed by atoms with Crippen LogP contribution in [0.15, 0.2) is 42.6 Å². The van der Waals surface area contributed by atoms with E-state index in [0.717, 1.165) is 24.4 Å². The molecule has 7 heteroatoms. The zero-order valence-electron chi connectivity index (χ0n) is 17.1. The molecule has 0 fully saturated rings. The Morgan fingerprint density at radius 2 is 2.03 bits per heavy atom. The lowest BCUT2D eigenvalue weighted by molar-refractivity contribution is 0.102. The van der Waals surface area contributed by atoms with Crippen molar-refractivity contribution in [2.45, 2.75) is 32.7 Å². The number of nitrogens with one attached hydrogen (secondary N) is 1. The van der Waals surface area contributed by atoms with E-state index in [2.05, 4.69) is 14.9 Å². The number of aryl methyl sites for hydroxylation is 1. The summed E-state index contributed by atoms with van der Waals surface area (Å²) < 4.78 is 13.1. The average Bonchev–Trinajstić information content (AvgIpc) is 3.19. The van der Waals surface area contributed by atoms with Gasteiger partial charge in [-0.05, 0) is 62.6 Å². The summed E-state index contributed by atoms with van der Waals surface area (Å²) in [6.45, 7) is 3.32. The summed E-state index contributed by atoms with van der Waals surface area (Å²) in [5, 5.41) is 3.24. The van der Waals surface area contributed by atoms with Crippen molar-refractivity contribution in [2.75, 3.05) is 19.0 Å². The van der Waals surface area contributed by atoms with E-state index in [1.165, 1.54) is 25.6 Å². The van der Waals surface area contributed by atoms with Gasteiger partial charge < -0.3 is 19.4 Å². The molecule has 0 atom stereocenters. The number of aromatic nitrogens is 2. The van der Waals surface area contributed by atoms with E-state index < -0.39 is 0 Å². The molecule has 6 nitrogen and oxygen atoms in total. The number of carbonyl (C=O) groups is 1. The number of benzene rings is 2. The van der Waals surface area contributed by atoms with Gasteiger partial charge in [-0.3, -0.25) is 4.79 Å². The van der Waals surface area contributed by atoms with Crippen LogP contribution in [0.25, 0.3) is 11.4 Å². The summed E-state index contributed by atoms with van der Waals surface area (Å²) >= 11 is 6.28. The molecule has 0 radical (unpaired) electrons. The molecule has 2 heterocycles. The van der Waals surface area contributed by atoms with Crippen LogP contribution in [0.1, 0.15) is 35.8 Å². The van der Waals surface area contributed by atoms with Gasteiger partial charge in [0.1, 0.15) is 5.82 Å². The third-order valence-electron chi connectivity index (χ3n) is 5.18. The van der Waals surface area contributed by atoms with E-state index in [1.807, 2.05) is 37.4 Å². The Hall–Kier alpha value is -2.99. The minimum absolute atomic E-state index is 0.274. The van der Waals surface area contributed by atoms with Gasteiger partial charge in [-0.2, -0.15) is 0 Å². The first-order valence-corrected chi connectivity index (χ1v) is 10.4. The van der Waals surface area contributed by atoms with Crippen LogP contribution in [0.4, 0.5) is 5.69 Å². The topological polar surface area (TPSA) is 65.4 Å². The largest absolute Gasteiger partial charge is 0.493 e. The molecule has 0 saturated heterocycles. The van der Waals surface area contributed by atoms with E-state index in [4.69, 9.17) is 21.1 Å². The number of anilines is 1. The molecule has 0 saturated carbocycles. The average molecular weight is 426 g/mol. The van der Waals surface area contributed by atoms with Crippen molar-refractivity contribution < 1.29 is 14.3 Å². The Labute approximate surface area is 180 Å². The lowest BCUT2D eigenvalue weighted by Gasteiger charge is -2.16. The number of ether oxygens (including phenoxy) is 2. The number of nitrogens with zero attached hydrogens (tertiary/aromatic N) is 2. The number of fused-ring (bicyclic) bond motifs is 1. The van der Waals surface area contributed by atoms with Crippen LogP contribution in [-0.2, 0) is 13.0 Å². The number of rotatable bonds is 6. The Kier molecular flexibility index (Phi) is 5.95. The van der Waals surface area contributed by atoms with Crippen LogP contribution in [-0.4, -0.2) is 29.2 Å². The SMILES string of the molecule is CCOc1c(Cl)cc(C(=O)Nc2ccc(-c3ncc4n3CCCC4)cc2)cc1OC. The quantitative estimate of drug-likeness (QED) is 0.589. The fourth-order valence-electron chi connectivity index (χ4n) is 3.71. The normalized spacial score (nSPS) is 12.9. The molecule has 1 aliphatic heterocycles. The summed E-state index contributed by atoms with van der Waals surface area (Å²) in [7, 11) is 1.52. The van der Waals surface area contributed by atoms with Gasteiger partial charge >= 0.3 is 0 Å². The van der Waals surface area contributed by atoms with E-state index in [-0.39, 0.29) is 5.91 Å². The van der Waals surface area contributed by atoms with Crippen molar-refractivity contribution in [3.63, 3.8) is 0 Å². The van der Waals surface area contributed by atoms with Crippen molar-refractivity contribution in [1.82, 2.24) is 9.55 Å². The van der Waals surface area contributed by atoms with E-state index in [0.29, 0.717) is 34.4 Å². The molecule has 1 amide bonds. The zero-order valence-corrected chi connectivity index (χ0v) is 17.8. The fraction of sp³-hybridized carbons (Fsp3) is 0.304. The maximum absolute atomic E-state index is 12.7. The first kappa shape index (κ1) is 20.3. The molecule has 0 unspecified atom stereocenters. The van der Waals surface area contributed by atoms with Gasteiger partial charge in [-0.25, -0.2) is 4.98 Å². The highest BCUT2D eigenvalue weighted by Crippen LogP contribution is 2.36. The molecular formula is C23H24ClN3O3. The number of amides is 1. The predicted molar refractivity (Wildman–Crippen MR) is 118 cm³/mol. The zero-order chi connectivity index (χ0) is 21.1. The minimum atomic E-state index is -0.274. The van der Waals surface area contributed by atoms with Crippen molar-refractivity contribution in [3.8, 4) is 22.9 Å². The molecular weight excluding hydrogens is 402 g/mol. The number of hydrogen-bond acceptors (Lipinski definition) is 4. The molecule has 1 aliphatic rings. The Balaban J connectivity index is 1.52. The van der Waals surface area contributed by atoms with Gasteiger partial charge in [-0.1, -0.05) is 11.6 Å². The second-order valence-corrected chi connectivity index (χ2v) is 7.54. The van der Waals surface area contributed by atoms with E-state index >= 15 is 0 Å². The lowest BCUT2D eigenvalue weighted by atomic mass is 10.1. The van der Waals surface area contributed by atoms with Crippen LogP contribution in [0.3, 0.4) is 0 Å². The van der Waals surface area contributed by atoms with Gasteiger partial charge in [0.05, 0.1) is 18.7 Å². The molecule has 156 valence electrons. The minimum Gasteiger partial charge on any atom is -0.493 e. The number of hydrogen-bond donors (Lipinski definition) is 1. The van der Waals surface area contributed by atoms with Crippen LogP contribution in [0.2, 0.25) is 5.02 Å². The van der Waals surface area contributed by atoms with E-state index in [1.54, 1.807) is 12.1 Å². The molecule has 1 N–H and O–H groups in total. The third kappa shape index (κ3) is 4.00. The number of methoxy groups -OCH3 is 1. The monoisotopic (exact) mass is 425 g/mol. The van der Waals surface area contributed by atoms with Crippen molar-refractivity contribution in [3.05, 3.63) is 58.9 Å². The molecule has 0 spiro atoms. The van der Waals surface area contributed by atoms with Gasteiger partial charge in [0, 0.05) is 35.2 Å². The van der Waals surface area contributed by atoms with Crippen LogP contribution in [0, 0.1) is 0 Å². The summed E-state index contributed by atoms with van der Waals surface area (Å²) in [6.07, 6.45) is 5.44. The summed E-state index contributed by atoms with van der Waals surface area (Å²) in [4.78, 5) is 17.3. The van der Waals surface area contributed by atoms with Crippen molar-refractivity contribution in [1.29, 1.82) is 0 Å². The van der Waals surface area contributed by atoms with Gasteiger partial charge in [0.2, 0.25) is 0 Å². The standard InChI is InChI=1S/C23H24ClN3O3/c1-3-30-21-19(24)12-16(13-20(21)29-2)23(28)26-17-9-7-15(8-10-17)22-25-14-18-6-4-5-11-27(18)22/h7-10,12-14H,3-6,11H2,1-2H3,(H,26,28). The highest BCUT2D eigenvalue weighted by Gasteiger charge is 2.17. The fourth-order valence-corrected chi connectivity index (χ4v) is 3.97. The Bertz CT molecular complexity index is 1060. The van der Waals surface area contributed by atoms with Crippen molar-refractivity contribution in [2.24, 2.45) is 0 Å². The first-order chi connectivity index (χ1) is 14.6. The predicted octanol–water partition coefficient (Wildman–Crippen LogP) is 5.20. The Morgan fingerprint density at radius 3 is 2.77 bits per heavy atom. The smallest absolute Gasteiger partial charge is 0.255 e.